The number of nitrogens with one attached hydrogen (secondary N) is 2. The van der Waals surface area contributed by atoms with E-state index in [0.717, 1.165) is 36.1 Å². The van der Waals surface area contributed by atoms with E-state index in [1.165, 1.54) is 37.6 Å². The largest absolute Gasteiger partial charge is 0.387 e. The molecule has 0 saturated carbocycles. The highest BCUT2D eigenvalue weighted by atomic mass is 32.1. The number of aliphatic hydroxyl groups is 1. The molecule has 206 valence electrons. The van der Waals surface area contributed by atoms with E-state index in [4.69, 9.17) is 5.73 Å². The number of hydrogen-bond donors (Lipinski definition) is 4. The Balaban J connectivity index is 1.57. The number of primary amides is 1. The number of nitrogens with two attached hydrogens (primary N) is 1. The lowest BCUT2D eigenvalue weighted by Gasteiger charge is -2.22. The first-order valence-corrected chi connectivity index (χ1v) is 13.6. The maximum absolute atomic E-state index is 14.4. The maximum atomic E-state index is 14.4. The van der Waals surface area contributed by atoms with Crippen LogP contribution in [0.15, 0.2) is 36.7 Å². The van der Waals surface area contributed by atoms with E-state index in [9.17, 15) is 24.3 Å². The van der Waals surface area contributed by atoms with Crippen LogP contribution in [0.5, 0.6) is 0 Å². The van der Waals surface area contributed by atoms with Crippen LogP contribution < -0.4 is 16.4 Å². The molecule has 1 aliphatic rings. The Bertz CT molecular complexity index is 1660. The smallest absolute Gasteiger partial charge is 0.255 e. The zero-order valence-corrected chi connectivity index (χ0v) is 22.8. The average molecular weight is 562 g/mol. The molecule has 0 saturated heterocycles. The number of alkyl halides is 1. The quantitative estimate of drug-likeness (QED) is 0.254. The minimum Gasteiger partial charge on any atom is -0.387 e. The average Bonchev–Trinajstić information content (AvgIpc) is 3.51. The predicted molar refractivity (Wildman–Crippen MR) is 149 cm³/mol. The summed E-state index contributed by atoms with van der Waals surface area (Å²) in [5.74, 6) is -1.16. The molecule has 1 aliphatic carbocycles. The van der Waals surface area contributed by atoms with Gasteiger partial charge in [0.2, 0.25) is 0 Å². The van der Waals surface area contributed by atoms with E-state index in [2.05, 4.69) is 26.8 Å². The Morgan fingerprint density at radius 3 is 2.77 bits per heavy atom. The van der Waals surface area contributed by atoms with Crippen LogP contribution in [-0.2, 0) is 12.8 Å². The first-order chi connectivity index (χ1) is 19.1. The summed E-state index contributed by atoms with van der Waals surface area (Å²) in [6.45, 7) is 2.25. The Morgan fingerprint density at radius 2 is 2.05 bits per heavy atom. The predicted octanol–water partition coefficient (Wildman–Crippen LogP) is 3.89. The zero-order valence-electron chi connectivity index (χ0n) is 22.0. The van der Waals surface area contributed by atoms with Gasteiger partial charge in [0.15, 0.2) is 0 Å². The first-order valence-electron chi connectivity index (χ1n) is 12.8. The third-order valence-electron chi connectivity index (χ3n) is 6.91. The van der Waals surface area contributed by atoms with Crippen LogP contribution in [0.2, 0.25) is 0 Å². The van der Waals surface area contributed by atoms with Crippen LogP contribution in [-0.4, -0.2) is 49.8 Å². The van der Waals surface area contributed by atoms with Crippen LogP contribution in [0, 0.1) is 11.3 Å². The molecule has 4 heterocycles. The summed E-state index contributed by atoms with van der Waals surface area (Å²) in [5, 5.41) is 29.8. The van der Waals surface area contributed by atoms with Crippen molar-refractivity contribution < 1.29 is 19.1 Å². The van der Waals surface area contributed by atoms with Gasteiger partial charge >= 0.3 is 0 Å². The Morgan fingerprint density at radius 1 is 1.27 bits per heavy atom. The highest BCUT2D eigenvalue weighted by Crippen LogP contribution is 2.40. The van der Waals surface area contributed by atoms with Crippen molar-refractivity contribution >= 4 is 39.4 Å². The van der Waals surface area contributed by atoms with Crippen molar-refractivity contribution in [2.24, 2.45) is 5.73 Å². The standard InChI is InChI=1S/C28H28FN7O3S/c1-28(2,39)23(29)14-33-26(38)18-13-32-20(21-8-7-16-9-15(11-30)12-34-36(16)21)10-19(18)35-27-24(25(31)37)17-5-3-4-6-22(17)40-27/h7-10,12-13,23,39H,3-6,14H2,1-2H3,(H2,31,37)(H,32,35)(H,33,38). The van der Waals surface area contributed by atoms with Gasteiger partial charge in [-0.3, -0.25) is 14.6 Å². The summed E-state index contributed by atoms with van der Waals surface area (Å²) in [6.07, 6.45) is 4.70. The highest BCUT2D eigenvalue weighted by Gasteiger charge is 2.28. The lowest BCUT2D eigenvalue weighted by molar-refractivity contribution is -0.00177. The van der Waals surface area contributed by atoms with E-state index in [1.807, 2.05) is 0 Å². The van der Waals surface area contributed by atoms with Crippen LogP contribution in [0.4, 0.5) is 15.1 Å². The normalized spacial score (nSPS) is 13.9. The molecule has 4 aromatic rings. The van der Waals surface area contributed by atoms with Crippen molar-refractivity contribution in [1.82, 2.24) is 19.9 Å². The monoisotopic (exact) mass is 561 g/mol. The number of carbonyl (C=O) groups is 2. The zero-order chi connectivity index (χ0) is 28.6. The van der Waals surface area contributed by atoms with Gasteiger partial charge in [-0.15, -0.1) is 11.3 Å². The van der Waals surface area contributed by atoms with Gasteiger partial charge in [-0.1, -0.05) is 0 Å². The summed E-state index contributed by atoms with van der Waals surface area (Å²) in [7, 11) is 0. The molecule has 1 unspecified atom stereocenters. The molecule has 0 aromatic carbocycles. The molecule has 5 N–H and O–H groups in total. The molecule has 40 heavy (non-hydrogen) atoms. The lowest BCUT2D eigenvalue weighted by atomic mass is 9.95. The third-order valence-corrected chi connectivity index (χ3v) is 8.12. The SMILES string of the molecule is CC(C)(O)C(F)CNC(=O)c1cnc(-c2ccc3cc(C#N)cnn23)cc1Nc1sc2c(c1C(N)=O)CCCC2. The fourth-order valence-corrected chi connectivity index (χ4v) is 6.01. The number of nitrogens with zero attached hydrogens (tertiary/aromatic N) is 4. The van der Waals surface area contributed by atoms with Gasteiger partial charge in [-0.25, -0.2) is 8.91 Å². The number of nitriles is 1. The number of aromatic nitrogens is 3. The molecular weight excluding hydrogens is 533 g/mol. The Hall–Kier alpha value is -4.34. The molecule has 2 amide bonds. The molecule has 12 heteroatoms. The van der Waals surface area contributed by atoms with E-state index in [-0.39, 0.29) is 5.56 Å². The van der Waals surface area contributed by atoms with E-state index in [1.54, 1.807) is 28.8 Å². The number of thiophene rings is 1. The van der Waals surface area contributed by atoms with Crippen LogP contribution >= 0.6 is 11.3 Å². The van der Waals surface area contributed by atoms with Crippen molar-refractivity contribution in [1.29, 1.82) is 5.26 Å². The topological polar surface area (TPSA) is 158 Å². The van der Waals surface area contributed by atoms with Crippen LogP contribution in [0.1, 0.15) is 63.4 Å². The van der Waals surface area contributed by atoms with Crippen LogP contribution in [0.25, 0.3) is 16.9 Å². The number of rotatable bonds is 8. The Labute approximate surface area is 233 Å². The summed E-state index contributed by atoms with van der Waals surface area (Å²) in [6, 6.07) is 9.01. The van der Waals surface area contributed by atoms with Crippen molar-refractivity contribution in [2.75, 3.05) is 11.9 Å². The number of aryl methyl sites for hydroxylation is 1. The second-order valence-corrected chi connectivity index (χ2v) is 11.4. The number of fused-ring (bicyclic) bond motifs is 2. The summed E-state index contributed by atoms with van der Waals surface area (Å²) in [4.78, 5) is 31.3. The lowest BCUT2D eigenvalue weighted by Crippen LogP contribution is -2.42. The summed E-state index contributed by atoms with van der Waals surface area (Å²) >= 11 is 1.43. The van der Waals surface area contributed by atoms with Gasteiger partial charge in [0.1, 0.15) is 17.2 Å². The number of hydrogen-bond acceptors (Lipinski definition) is 8. The molecule has 0 aliphatic heterocycles. The van der Waals surface area contributed by atoms with Gasteiger partial charge < -0.3 is 21.5 Å². The summed E-state index contributed by atoms with van der Waals surface area (Å²) in [5.41, 5.74) is 8.15. The second kappa shape index (κ2) is 10.7. The maximum Gasteiger partial charge on any atom is 0.255 e. The van der Waals surface area contributed by atoms with Crippen LogP contribution in [0.3, 0.4) is 0 Å². The van der Waals surface area contributed by atoms with Gasteiger partial charge in [-0.2, -0.15) is 10.4 Å². The van der Waals surface area contributed by atoms with Gasteiger partial charge in [0.05, 0.1) is 57.6 Å². The van der Waals surface area contributed by atoms with Gasteiger partial charge in [0, 0.05) is 11.1 Å². The molecular formula is C28H28FN7O3S. The molecule has 0 radical (unpaired) electrons. The van der Waals surface area contributed by atoms with Crippen molar-refractivity contribution in [3.63, 3.8) is 0 Å². The third kappa shape index (κ3) is 5.25. The fourth-order valence-electron chi connectivity index (χ4n) is 4.70. The van der Waals surface area contributed by atoms with E-state index >= 15 is 0 Å². The molecule has 1 atom stereocenters. The van der Waals surface area contributed by atoms with Crippen molar-refractivity contribution in [3.05, 3.63) is 63.8 Å². The number of halogens is 1. The Kier molecular flexibility index (Phi) is 7.27. The number of amides is 2. The van der Waals surface area contributed by atoms with E-state index < -0.39 is 30.1 Å². The minimum absolute atomic E-state index is 0.120. The van der Waals surface area contributed by atoms with Crippen molar-refractivity contribution in [3.8, 4) is 17.5 Å². The minimum atomic E-state index is -1.69. The first kappa shape index (κ1) is 27.2. The van der Waals surface area contributed by atoms with Gasteiger partial charge in [-0.05, 0) is 69.4 Å². The molecule has 10 nitrogen and oxygen atoms in total. The number of anilines is 2. The molecule has 0 bridgehead atoms. The second-order valence-electron chi connectivity index (χ2n) is 10.3. The molecule has 0 fully saturated rings. The number of carbonyl (C=O) groups excluding carboxylic acids is 2. The molecule has 5 rings (SSSR count). The van der Waals surface area contributed by atoms with Gasteiger partial charge in [0.25, 0.3) is 11.8 Å². The number of pyridine rings is 1. The van der Waals surface area contributed by atoms with E-state index in [0.29, 0.717) is 38.7 Å². The summed E-state index contributed by atoms with van der Waals surface area (Å²) < 4.78 is 16.0. The fraction of sp³-hybridized carbons (Fsp3) is 0.321. The molecule has 4 aromatic heterocycles. The molecule has 0 spiro atoms. The van der Waals surface area contributed by atoms with Crippen molar-refractivity contribution in [2.45, 2.75) is 51.3 Å². The highest BCUT2D eigenvalue weighted by molar-refractivity contribution is 7.16.